The molecule has 19 heavy (non-hydrogen) atoms. The fourth-order valence-electron chi connectivity index (χ4n) is 1.89. The van der Waals surface area contributed by atoms with E-state index >= 15 is 0 Å². The monoisotopic (exact) mass is 297 g/mol. The molecule has 9 heteroatoms. The first-order chi connectivity index (χ1) is 9.22. The van der Waals surface area contributed by atoms with Crippen LogP contribution in [0.2, 0.25) is 5.28 Å². The third-order valence-corrected chi connectivity index (χ3v) is 3.90. The molecule has 0 aliphatic carbocycles. The molecule has 0 aromatic carbocycles. The van der Waals surface area contributed by atoms with Crippen LogP contribution in [0.15, 0.2) is 16.6 Å². The maximum Gasteiger partial charge on any atom is 0.230 e. The van der Waals surface area contributed by atoms with Gasteiger partial charge >= 0.3 is 0 Å². The van der Waals surface area contributed by atoms with Crippen molar-refractivity contribution in [3.63, 3.8) is 0 Å². The maximum absolute atomic E-state index is 5.96. The van der Waals surface area contributed by atoms with Crippen molar-refractivity contribution in [2.24, 2.45) is 7.05 Å². The van der Waals surface area contributed by atoms with Crippen molar-refractivity contribution in [3.8, 4) is 0 Å². The topological polar surface area (TPSA) is 72.6 Å². The van der Waals surface area contributed by atoms with Crippen LogP contribution < -0.4 is 4.90 Å². The predicted octanol–water partition coefficient (Wildman–Crippen LogP) is 1.40. The van der Waals surface area contributed by atoms with Crippen LogP contribution in [0.5, 0.6) is 0 Å². The molecule has 0 saturated carbocycles. The van der Waals surface area contributed by atoms with Gasteiger partial charge in [-0.25, -0.2) is 9.67 Å². The Balaban J connectivity index is 1.87. The molecule has 1 fully saturated rings. The molecule has 2 aromatic rings. The van der Waals surface area contributed by atoms with E-state index in [1.807, 2.05) is 7.05 Å². The van der Waals surface area contributed by atoms with E-state index in [1.54, 1.807) is 4.68 Å². The predicted molar refractivity (Wildman–Crippen MR) is 71.4 cm³/mol. The van der Waals surface area contributed by atoms with Gasteiger partial charge in [0, 0.05) is 20.1 Å². The van der Waals surface area contributed by atoms with E-state index in [2.05, 4.69) is 29.9 Å². The van der Waals surface area contributed by atoms with Gasteiger partial charge in [0.25, 0.3) is 0 Å². The van der Waals surface area contributed by atoms with Gasteiger partial charge in [-0.05, 0) is 36.2 Å². The lowest BCUT2D eigenvalue weighted by molar-refractivity contribution is 0.683. The molecule has 7 nitrogen and oxygen atoms in total. The van der Waals surface area contributed by atoms with E-state index in [9.17, 15) is 0 Å². The molecule has 0 N–H and O–H groups in total. The summed E-state index contributed by atoms with van der Waals surface area (Å²) >= 11 is 7.29. The van der Waals surface area contributed by atoms with Crippen molar-refractivity contribution in [1.29, 1.82) is 0 Å². The molecule has 1 aliphatic rings. The molecule has 0 bridgehead atoms. The minimum Gasteiger partial charge on any atom is -0.341 e. The van der Waals surface area contributed by atoms with Crippen LogP contribution >= 0.6 is 23.4 Å². The number of hydrogen-bond acceptors (Lipinski definition) is 7. The second-order valence-electron chi connectivity index (χ2n) is 4.15. The largest absolute Gasteiger partial charge is 0.341 e. The summed E-state index contributed by atoms with van der Waals surface area (Å²) in [6, 6.07) is 0. The number of anilines is 1. The lowest BCUT2D eigenvalue weighted by Crippen LogP contribution is -2.21. The fraction of sp³-hybridized carbons (Fsp3) is 0.500. The molecule has 0 spiro atoms. The second kappa shape index (κ2) is 5.30. The van der Waals surface area contributed by atoms with Gasteiger partial charge in [-0.2, -0.15) is 20.1 Å². The number of aryl methyl sites for hydroxylation is 1. The van der Waals surface area contributed by atoms with E-state index in [1.165, 1.54) is 18.1 Å². The van der Waals surface area contributed by atoms with Gasteiger partial charge in [-0.1, -0.05) is 0 Å². The highest BCUT2D eigenvalue weighted by molar-refractivity contribution is 7.99. The molecular weight excluding hydrogens is 286 g/mol. The summed E-state index contributed by atoms with van der Waals surface area (Å²) in [5.74, 6) is 0.641. The van der Waals surface area contributed by atoms with Crippen molar-refractivity contribution in [1.82, 2.24) is 29.7 Å². The number of hydrogen-bond donors (Lipinski definition) is 0. The number of rotatable bonds is 3. The lowest BCUT2D eigenvalue weighted by atomic mass is 10.4. The van der Waals surface area contributed by atoms with E-state index in [0.717, 1.165) is 31.1 Å². The Morgan fingerprint density at radius 3 is 2.68 bits per heavy atom. The highest BCUT2D eigenvalue weighted by Crippen LogP contribution is 2.25. The Morgan fingerprint density at radius 2 is 2.00 bits per heavy atom. The smallest absolute Gasteiger partial charge is 0.230 e. The van der Waals surface area contributed by atoms with Crippen LogP contribution in [0.3, 0.4) is 0 Å². The summed E-state index contributed by atoms with van der Waals surface area (Å²) in [6.45, 7) is 1.93. The quantitative estimate of drug-likeness (QED) is 0.848. The third-order valence-electron chi connectivity index (χ3n) is 2.82. The van der Waals surface area contributed by atoms with E-state index < -0.39 is 0 Å². The Kier molecular flexibility index (Phi) is 3.52. The van der Waals surface area contributed by atoms with Gasteiger partial charge in [-0.3, -0.25) is 0 Å². The van der Waals surface area contributed by atoms with Crippen LogP contribution in [0.25, 0.3) is 0 Å². The van der Waals surface area contributed by atoms with Crippen molar-refractivity contribution >= 4 is 29.3 Å². The summed E-state index contributed by atoms with van der Waals surface area (Å²) in [5, 5.41) is 5.47. The van der Waals surface area contributed by atoms with Crippen LogP contribution in [0, 0.1) is 0 Å². The van der Waals surface area contributed by atoms with Crippen molar-refractivity contribution in [2.75, 3.05) is 18.0 Å². The summed E-state index contributed by atoms with van der Waals surface area (Å²) in [6.07, 6.45) is 3.82. The molecule has 0 amide bonds. The molecule has 3 heterocycles. The first kappa shape index (κ1) is 12.6. The van der Waals surface area contributed by atoms with Crippen molar-refractivity contribution in [3.05, 3.63) is 11.6 Å². The van der Waals surface area contributed by atoms with Gasteiger partial charge in [0.05, 0.1) is 0 Å². The highest BCUT2D eigenvalue weighted by Gasteiger charge is 2.18. The van der Waals surface area contributed by atoms with E-state index in [0.29, 0.717) is 11.1 Å². The SMILES string of the molecule is Cn1ncnc1Sc1nc(Cl)nc(N2CCCC2)n1. The summed E-state index contributed by atoms with van der Waals surface area (Å²) < 4.78 is 1.66. The van der Waals surface area contributed by atoms with Crippen molar-refractivity contribution < 1.29 is 0 Å². The van der Waals surface area contributed by atoms with Gasteiger partial charge in [-0.15, -0.1) is 0 Å². The van der Waals surface area contributed by atoms with Gasteiger partial charge in [0.2, 0.25) is 16.4 Å². The molecule has 0 unspecified atom stereocenters. The zero-order valence-electron chi connectivity index (χ0n) is 10.3. The van der Waals surface area contributed by atoms with E-state index in [-0.39, 0.29) is 5.28 Å². The third kappa shape index (κ3) is 2.79. The van der Waals surface area contributed by atoms with Crippen molar-refractivity contribution in [2.45, 2.75) is 23.2 Å². The number of nitrogens with zero attached hydrogens (tertiary/aromatic N) is 7. The Morgan fingerprint density at radius 1 is 1.21 bits per heavy atom. The molecule has 0 radical (unpaired) electrons. The summed E-state index contributed by atoms with van der Waals surface area (Å²) in [4.78, 5) is 19.0. The molecule has 3 rings (SSSR count). The number of halogens is 1. The summed E-state index contributed by atoms with van der Waals surface area (Å²) in [7, 11) is 1.82. The van der Waals surface area contributed by atoms with Crippen LogP contribution in [-0.4, -0.2) is 42.8 Å². The van der Waals surface area contributed by atoms with E-state index in [4.69, 9.17) is 11.6 Å². The van der Waals surface area contributed by atoms with Gasteiger partial charge < -0.3 is 4.90 Å². The Bertz CT molecular complexity index is 581. The highest BCUT2D eigenvalue weighted by atomic mass is 35.5. The standard InChI is InChI=1S/C10H12ClN7S/c1-17-10(12-6-13-17)19-9-15-7(11)14-8(16-9)18-4-2-3-5-18/h6H,2-5H2,1H3. The molecule has 100 valence electrons. The molecule has 0 atom stereocenters. The maximum atomic E-state index is 5.96. The first-order valence-electron chi connectivity index (χ1n) is 5.91. The number of aromatic nitrogens is 6. The molecule has 1 saturated heterocycles. The zero-order chi connectivity index (χ0) is 13.2. The second-order valence-corrected chi connectivity index (χ2v) is 5.42. The summed E-state index contributed by atoms with van der Waals surface area (Å²) in [5.41, 5.74) is 0. The van der Waals surface area contributed by atoms with Gasteiger partial charge in [0.15, 0.2) is 5.16 Å². The van der Waals surface area contributed by atoms with Crippen LogP contribution in [0.1, 0.15) is 12.8 Å². The van der Waals surface area contributed by atoms with Crippen LogP contribution in [0.4, 0.5) is 5.95 Å². The minimum absolute atomic E-state index is 0.210. The minimum atomic E-state index is 0.210. The average Bonchev–Trinajstić information content (AvgIpc) is 3.01. The molecule has 2 aromatic heterocycles. The lowest BCUT2D eigenvalue weighted by Gasteiger charge is -2.15. The van der Waals surface area contributed by atoms with Gasteiger partial charge in [0.1, 0.15) is 6.33 Å². The van der Waals surface area contributed by atoms with Crippen LogP contribution in [-0.2, 0) is 7.05 Å². The average molecular weight is 298 g/mol. The zero-order valence-corrected chi connectivity index (χ0v) is 11.9. The Labute approximate surface area is 119 Å². The molecular formula is C10H12ClN7S. The fourth-order valence-corrected chi connectivity index (χ4v) is 2.79. The Hall–Kier alpha value is -1.41. The molecule has 1 aliphatic heterocycles. The first-order valence-corrected chi connectivity index (χ1v) is 7.10. The normalized spacial score (nSPS) is 15.2.